The van der Waals surface area contributed by atoms with Gasteiger partial charge in [0.05, 0.1) is 13.2 Å². The van der Waals surface area contributed by atoms with Crippen molar-refractivity contribution in [3.05, 3.63) is 0 Å². The Hall–Kier alpha value is -1.43. The molecule has 6 nitrogen and oxygen atoms in total. The van der Waals surface area contributed by atoms with E-state index in [1.165, 1.54) is 232 Å². The summed E-state index contributed by atoms with van der Waals surface area (Å²) in [5.41, 5.74) is 0. The summed E-state index contributed by atoms with van der Waals surface area (Å²) < 4.78 is 4.62. The Labute approximate surface area is 394 Å². The van der Waals surface area contributed by atoms with Crippen molar-refractivity contribution in [3.63, 3.8) is 0 Å². The van der Waals surface area contributed by atoms with Gasteiger partial charge in [0.2, 0.25) is 0 Å². The predicted octanol–water partition coefficient (Wildman–Crippen LogP) is 18.8. The van der Waals surface area contributed by atoms with E-state index in [0.29, 0.717) is 18.6 Å². The molecule has 63 heavy (non-hydrogen) atoms. The molecule has 0 spiro atoms. The number of Topliss-reactive ketones (excluding diaryl/α,β-unsaturated/α-hetero) is 1. The summed E-state index contributed by atoms with van der Waals surface area (Å²) in [6.07, 6.45) is 57.2. The van der Waals surface area contributed by atoms with Gasteiger partial charge in [0, 0.05) is 19.3 Å². The van der Waals surface area contributed by atoms with E-state index in [0.717, 1.165) is 63.7 Å². The van der Waals surface area contributed by atoms with Crippen molar-refractivity contribution in [2.24, 2.45) is 5.92 Å². The number of hydrogen-bond donors (Lipinski definition) is 2. The minimum atomic E-state index is -0.653. The number of unbranched alkanes of at least 4 members (excludes halogenated alkanes) is 34. The first-order valence-corrected chi connectivity index (χ1v) is 28.1. The number of methoxy groups -OCH3 is 1. The van der Waals surface area contributed by atoms with Crippen LogP contribution in [-0.4, -0.2) is 41.1 Å². The van der Waals surface area contributed by atoms with Crippen LogP contribution in [-0.2, 0) is 19.1 Å². The Morgan fingerprint density at radius 1 is 0.381 bits per heavy atom. The van der Waals surface area contributed by atoms with Gasteiger partial charge in [-0.1, -0.05) is 272 Å². The summed E-state index contributed by atoms with van der Waals surface area (Å²) in [7, 11) is 1.45. The van der Waals surface area contributed by atoms with Crippen LogP contribution in [0.25, 0.3) is 0 Å². The average Bonchev–Trinajstić information content (AvgIpc) is 3.26. The number of carbonyl (C=O) groups excluding carboxylic acids is 2. The van der Waals surface area contributed by atoms with Crippen LogP contribution >= 0.6 is 0 Å². The molecular weight excluding hydrogens is 781 g/mol. The van der Waals surface area contributed by atoms with Gasteiger partial charge in [-0.3, -0.25) is 9.59 Å². The van der Waals surface area contributed by atoms with Crippen LogP contribution in [0.5, 0.6) is 0 Å². The number of aliphatic carboxylic acids is 1. The molecule has 378 valence electrons. The molecule has 0 aromatic heterocycles. The van der Waals surface area contributed by atoms with Crippen LogP contribution in [0, 0.1) is 5.92 Å². The van der Waals surface area contributed by atoms with E-state index in [2.05, 4.69) is 32.4 Å². The monoisotopic (exact) mass is 895 g/mol. The molecular formula is C57H114O6. The van der Waals surface area contributed by atoms with E-state index in [-0.39, 0.29) is 12.1 Å². The molecule has 0 amide bonds. The molecule has 0 bridgehead atoms. The Bertz CT molecular complexity index is 890. The highest BCUT2D eigenvalue weighted by atomic mass is 16.5. The van der Waals surface area contributed by atoms with Crippen molar-refractivity contribution in [1.82, 2.24) is 0 Å². The zero-order valence-electron chi connectivity index (χ0n) is 43.7. The zero-order chi connectivity index (χ0) is 47.1. The minimum absolute atomic E-state index is 0.0739. The van der Waals surface area contributed by atoms with Gasteiger partial charge >= 0.3 is 11.9 Å². The molecule has 0 rings (SSSR count). The Morgan fingerprint density at radius 3 is 0.937 bits per heavy atom. The van der Waals surface area contributed by atoms with Crippen LogP contribution in [0.2, 0.25) is 0 Å². The van der Waals surface area contributed by atoms with Crippen molar-refractivity contribution in [1.29, 1.82) is 0 Å². The molecule has 0 aliphatic rings. The molecule has 2 N–H and O–H groups in total. The largest absolute Gasteiger partial charge is 0.481 e. The lowest BCUT2D eigenvalue weighted by Gasteiger charge is -2.10. The highest BCUT2D eigenvalue weighted by molar-refractivity contribution is 5.75. The molecule has 0 heterocycles. The van der Waals surface area contributed by atoms with Crippen molar-refractivity contribution in [2.45, 2.75) is 336 Å². The third-order valence-electron chi connectivity index (χ3n) is 12.8. The average molecular weight is 896 g/mol. The van der Waals surface area contributed by atoms with Crippen LogP contribution in [0.1, 0.15) is 330 Å². The second-order valence-electron chi connectivity index (χ2n) is 19.6. The number of carboxylic acids is 1. The van der Waals surface area contributed by atoms with Crippen LogP contribution in [0.4, 0.5) is 0 Å². The predicted molar refractivity (Wildman–Crippen MR) is 275 cm³/mol. The zero-order valence-corrected chi connectivity index (χ0v) is 43.7. The van der Waals surface area contributed by atoms with Gasteiger partial charge in [-0.25, -0.2) is 0 Å². The summed E-state index contributed by atoms with van der Waals surface area (Å²) in [4.78, 5) is 32.1. The number of ether oxygens (including phenoxy) is 1. The molecule has 2 unspecified atom stereocenters. The number of aliphatic hydroxyl groups is 1. The first-order chi connectivity index (χ1) is 30.6. The summed E-state index contributed by atoms with van der Waals surface area (Å²) in [5, 5.41) is 18.4. The second kappa shape index (κ2) is 58.6. The maximum absolute atomic E-state index is 10.9. The summed E-state index contributed by atoms with van der Waals surface area (Å²) >= 11 is 0. The van der Waals surface area contributed by atoms with Gasteiger partial charge in [-0.2, -0.15) is 0 Å². The first kappa shape index (κ1) is 65.8. The number of carboxylic acid groups (broad SMARTS) is 1. The van der Waals surface area contributed by atoms with Gasteiger partial charge in [0.15, 0.2) is 0 Å². The van der Waals surface area contributed by atoms with Crippen molar-refractivity contribution < 1.29 is 29.3 Å². The number of rotatable bonds is 48. The van der Waals surface area contributed by atoms with Gasteiger partial charge in [-0.15, -0.1) is 0 Å². The molecule has 0 aromatic carbocycles. The van der Waals surface area contributed by atoms with Gasteiger partial charge in [0.1, 0.15) is 5.78 Å². The van der Waals surface area contributed by atoms with E-state index in [1.54, 1.807) is 6.92 Å². The SMILES string of the molecule is CCCCCCC(C)CCCCCCCCCCC(C)=O.CCCCCCC(O)CCCCCCCCCCC(=O)OC.CCCCCCCCCCCCCCCCCC(=O)O. The molecule has 0 aliphatic carbocycles. The van der Waals surface area contributed by atoms with Crippen LogP contribution in [0.3, 0.4) is 0 Å². The van der Waals surface area contributed by atoms with E-state index >= 15 is 0 Å². The van der Waals surface area contributed by atoms with Crippen molar-refractivity contribution in [3.8, 4) is 0 Å². The first-order valence-electron chi connectivity index (χ1n) is 28.1. The number of ketones is 1. The highest BCUT2D eigenvalue weighted by Gasteiger charge is 2.05. The molecule has 6 heteroatoms. The quantitative estimate of drug-likeness (QED) is 0.0466. The van der Waals surface area contributed by atoms with Gasteiger partial charge < -0.3 is 19.7 Å². The second-order valence-corrected chi connectivity index (χ2v) is 19.6. The van der Waals surface area contributed by atoms with Gasteiger partial charge in [0.25, 0.3) is 0 Å². The van der Waals surface area contributed by atoms with Crippen LogP contribution < -0.4 is 0 Å². The molecule has 0 saturated heterocycles. The summed E-state index contributed by atoms with van der Waals surface area (Å²) in [5.74, 6) is 0.542. The van der Waals surface area contributed by atoms with Crippen molar-refractivity contribution in [2.75, 3.05) is 7.11 Å². The standard InChI is InChI=1S/C20H40O.C19H38O3.C18H36O2/c1-4-5-6-13-16-19(2)17-14-11-9-7-8-10-12-15-18-20(3)21;1-3-4-5-12-15-18(20)16-13-10-8-6-7-9-11-14-17-19(21)22-2;1-2-3-4-5-6-7-8-9-10-11-12-13-14-15-16-17-18(19)20/h19H,4-18H2,1-3H3;18,20H,3-17H2,1-2H3;2-17H2,1H3,(H,19,20). The number of carbonyl (C=O) groups is 3. The maximum atomic E-state index is 10.9. The third-order valence-corrected chi connectivity index (χ3v) is 12.8. The number of aliphatic hydroxyl groups excluding tert-OH is 1. The fraction of sp³-hybridized carbons (Fsp3) is 0.947. The molecule has 0 radical (unpaired) electrons. The molecule has 0 fully saturated rings. The number of esters is 1. The Morgan fingerprint density at radius 2 is 0.635 bits per heavy atom. The van der Waals surface area contributed by atoms with E-state index in [1.807, 2.05) is 0 Å². The normalized spacial score (nSPS) is 11.9. The highest BCUT2D eigenvalue weighted by Crippen LogP contribution is 2.19. The summed E-state index contributed by atoms with van der Waals surface area (Å²) in [6, 6.07) is 0. The van der Waals surface area contributed by atoms with Crippen molar-refractivity contribution >= 4 is 17.7 Å². The fourth-order valence-electron chi connectivity index (χ4n) is 8.40. The number of hydrogen-bond acceptors (Lipinski definition) is 5. The lowest BCUT2D eigenvalue weighted by atomic mass is 9.96. The molecule has 0 aliphatic heterocycles. The Balaban J connectivity index is -0.000000858. The van der Waals surface area contributed by atoms with Crippen LogP contribution in [0.15, 0.2) is 0 Å². The lowest BCUT2D eigenvalue weighted by molar-refractivity contribution is -0.141. The topological polar surface area (TPSA) is 101 Å². The molecule has 0 aromatic rings. The lowest BCUT2D eigenvalue weighted by Crippen LogP contribution is -2.05. The van der Waals surface area contributed by atoms with Gasteiger partial charge in [-0.05, 0) is 44.9 Å². The maximum Gasteiger partial charge on any atom is 0.305 e. The van der Waals surface area contributed by atoms with E-state index in [9.17, 15) is 19.5 Å². The van der Waals surface area contributed by atoms with E-state index < -0.39 is 5.97 Å². The fourth-order valence-corrected chi connectivity index (χ4v) is 8.40. The summed E-state index contributed by atoms with van der Waals surface area (Å²) in [6.45, 7) is 10.9. The minimum Gasteiger partial charge on any atom is -0.481 e. The smallest absolute Gasteiger partial charge is 0.305 e. The molecule has 0 saturated carbocycles. The Kier molecular flexibility index (Phi) is 61.2. The third kappa shape index (κ3) is 67.3. The van der Waals surface area contributed by atoms with E-state index in [4.69, 9.17) is 5.11 Å². The molecule has 2 atom stereocenters.